The smallest absolute Gasteiger partial charge is 0.225 e. The molecule has 0 unspecified atom stereocenters. The summed E-state index contributed by atoms with van der Waals surface area (Å²) >= 11 is 18.0. The molecule has 0 aliphatic heterocycles. The standard InChI is InChI=1S/C19H22N4.C17H25N5.C16H18ClN5.C15H18Cl2N4/c1-13-12-20-18(23-19(2,3)4)22-17(13)21-16-11-7-9-14-8-5-6-10-15(14)16;1-12-11-18-16(21-17(2,3)4)20-15(12)19-13-8-7-9-14(10-13)22(5)6;1-10-9-19-15(22-16(2,3)4)21-14(10)20-11-6-7-13(18-5)12(17)8-11;1-9-8-18-14(21-15(2,3)4)20-13(9)19-10-5-6-11(16)12(17)7-10/h5-12H,1-4H3,(H2,20,21,22,23);7-11H,1-6H3,(H2,18,19,20,21);6-9H,1-4H3,(H2,19,20,21,22);5-8H,1-4H3,(H2,18,19,20,21). The van der Waals surface area contributed by atoms with Gasteiger partial charge in [-0.3, -0.25) is 0 Å². The molecule has 8 N–H and O–H groups in total. The first-order chi connectivity index (χ1) is 41.2. The van der Waals surface area contributed by atoms with Crippen LogP contribution in [0, 0.1) is 34.3 Å². The fourth-order valence-electron chi connectivity index (χ4n) is 7.84. The van der Waals surface area contributed by atoms with Crippen molar-refractivity contribution in [2.24, 2.45) is 0 Å². The van der Waals surface area contributed by atoms with E-state index in [2.05, 4.69) is 197 Å². The van der Waals surface area contributed by atoms with Crippen molar-refractivity contribution in [2.75, 3.05) is 61.5 Å². The van der Waals surface area contributed by atoms with Crippen LogP contribution in [0.15, 0.2) is 128 Å². The Labute approximate surface area is 534 Å². The lowest BCUT2D eigenvalue weighted by molar-refractivity contribution is 0.625. The first kappa shape index (κ1) is 68.4. The van der Waals surface area contributed by atoms with Crippen LogP contribution in [-0.2, 0) is 0 Å². The SMILES string of the molecule is Cc1cnc(NC(C)(C)C)nc1Nc1ccc(Cl)c(Cl)c1.Cc1cnc(NC(C)(C)C)nc1Nc1cccc(N(C)C)c1.Cc1cnc(NC(C)(C)C)nc1Nc1cccc2ccccc12.[C-]#[N+]c1ccc(Nc2nc(NC(C)(C)C)ncc2C)cc1Cl. The minimum Gasteiger partial charge on any atom is -0.378 e. The molecule has 0 aliphatic carbocycles. The number of nitrogens with one attached hydrogen (secondary N) is 8. The van der Waals surface area contributed by atoms with E-state index in [1.54, 1.807) is 42.7 Å². The second-order valence-corrected chi connectivity index (χ2v) is 26.5. The third kappa shape index (κ3) is 22.2. The van der Waals surface area contributed by atoms with Gasteiger partial charge in [0.15, 0.2) is 0 Å². The van der Waals surface area contributed by atoms with E-state index in [-0.39, 0.29) is 22.2 Å². The molecule has 0 radical (unpaired) electrons. The molecule has 462 valence electrons. The number of fused-ring (bicyclic) bond motifs is 1. The van der Waals surface area contributed by atoms with E-state index in [0.29, 0.717) is 50.4 Å². The molecule has 4 heterocycles. The van der Waals surface area contributed by atoms with Gasteiger partial charge in [0.25, 0.3) is 0 Å². The lowest BCUT2D eigenvalue weighted by atomic mass is 10.1. The van der Waals surface area contributed by atoms with E-state index in [1.807, 2.05) is 105 Å². The Hall–Kier alpha value is -8.76. The van der Waals surface area contributed by atoms with Crippen molar-refractivity contribution in [1.82, 2.24) is 39.9 Å². The van der Waals surface area contributed by atoms with Gasteiger partial charge >= 0.3 is 0 Å². The number of hydrogen-bond donors (Lipinski definition) is 8. The van der Waals surface area contributed by atoms with E-state index < -0.39 is 0 Å². The van der Waals surface area contributed by atoms with Crippen molar-refractivity contribution < 1.29 is 0 Å². The Morgan fingerprint density at radius 1 is 0.409 bits per heavy atom. The zero-order chi connectivity index (χ0) is 64.7. The highest BCUT2D eigenvalue weighted by Crippen LogP contribution is 2.32. The number of rotatable bonds is 13. The summed E-state index contributed by atoms with van der Waals surface area (Å²) in [6.07, 6.45) is 7.22. The van der Waals surface area contributed by atoms with Crippen LogP contribution < -0.4 is 47.4 Å². The highest BCUT2D eigenvalue weighted by molar-refractivity contribution is 6.42. The van der Waals surface area contributed by atoms with E-state index in [1.165, 1.54) is 10.8 Å². The molecule has 0 saturated carbocycles. The fraction of sp³-hybridized carbons (Fsp3) is 0.328. The van der Waals surface area contributed by atoms with Crippen LogP contribution >= 0.6 is 34.8 Å². The molecule has 0 aliphatic rings. The predicted octanol–water partition coefficient (Wildman–Crippen LogP) is 18.7. The third-order valence-corrected chi connectivity index (χ3v) is 13.1. The minimum atomic E-state index is -0.118. The van der Waals surface area contributed by atoms with Gasteiger partial charge < -0.3 is 47.4 Å². The largest absolute Gasteiger partial charge is 0.378 e. The molecule has 5 aromatic carbocycles. The summed E-state index contributed by atoms with van der Waals surface area (Å²) < 4.78 is 0. The van der Waals surface area contributed by atoms with Crippen molar-refractivity contribution in [3.8, 4) is 0 Å². The summed E-state index contributed by atoms with van der Waals surface area (Å²) in [5.41, 5.74) is 8.76. The minimum absolute atomic E-state index is 0.0721. The molecule has 0 bridgehead atoms. The number of anilines is 13. The number of halogens is 3. The lowest BCUT2D eigenvalue weighted by Crippen LogP contribution is -2.27. The summed E-state index contributed by atoms with van der Waals surface area (Å²) in [4.78, 5) is 40.9. The number of hydrogen-bond acceptors (Lipinski definition) is 17. The van der Waals surface area contributed by atoms with Crippen molar-refractivity contribution in [2.45, 2.75) is 133 Å². The maximum Gasteiger partial charge on any atom is 0.225 e. The maximum absolute atomic E-state index is 7.01. The van der Waals surface area contributed by atoms with E-state index in [9.17, 15) is 0 Å². The average molecular weight is 1250 g/mol. The molecule has 0 atom stereocenters. The van der Waals surface area contributed by atoms with Crippen molar-refractivity contribution in [3.05, 3.63) is 177 Å². The monoisotopic (exact) mass is 1240 g/mol. The normalized spacial score (nSPS) is 11.2. The summed E-state index contributed by atoms with van der Waals surface area (Å²) in [7, 11) is 4.06. The molecular formula is C67H83Cl3N18. The molecule has 18 nitrogen and oxygen atoms in total. The molecule has 9 rings (SSSR count). The van der Waals surface area contributed by atoms with E-state index in [4.69, 9.17) is 41.4 Å². The molecule has 21 heteroatoms. The predicted molar refractivity (Wildman–Crippen MR) is 373 cm³/mol. The summed E-state index contributed by atoms with van der Waals surface area (Å²) in [6, 6.07) is 33.4. The molecule has 9 aromatic rings. The van der Waals surface area contributed by atoms with E-state index in [0.717, 1.165) is 68.1 Å². The van der Waals surface area contributed by atoms with Crippen molar-refractivity contribution in [1.29, 1.82) is 0 Å². The molecule has 0 spiro atoms. The Morgan fingerprint density at radius 3 is 1.18 bits per heavy atom. The number of aromatic nitrogens is 8. The molecular weight excluding hydrogens is 1160 g/mol. The highest BCUT2D eigenvalue weighted by Gasteiger charge is 2.17. The zero-order valence-electron chi connectivity index (χ0n) is 53.7. The number of aryl methyl sites for hydroxylation is 4. The van der Waals surface area contributed by atoms with Crippen LogP contribution in [0.1, 0.15) is 105 Å². The van der Waals surface area contributed by atoms with Gasteiger partial charge in [-0.25, -0.2) is 24.8 Å². The van der Waals surface area contributed by atoms with Crippen LogP contribution in [0.4, 0.5) is 81.2 Å². The van der Waals surface area contributed by atoms with Gasteiger partial charge in [-0.1, -0.05) is 83.3 Å². The first-order valence-electron chi connectivity index (χ1n) is 28.6. The molecule has 4 aromatic heterocycles. The first-order valence-corrected chi connectivity index (χ1v) is 29.8. The van der Waals surface area contributed by atoms with Gasteiger partial charge in [-0.15, -0.1) is 0 Å². The van der Waals surface area contributed by atoms with Gasteiger partial charge in [-0.2, -0.15) is 19.9 Å². The van der Waals surface area contributed by atoms with Gasteiger partial charge in [0.1, 0.15) is 23.3 Å². The van der Waals surface area contributed by atoms with Crippen LogP contribution in [-0.4, -0.2) is 76.1 Å². The van der Waals surface area contributed by atoms with Gasteiger partial charge in [0.2, 0.25) is 29.5 Å². The molecule has 0 saturated heterocycles. The molecule has 0 fully saturated rings. The fourth-order valence-corrected chi connectivity index (χ4v) is 8.36. The number of benzene rings is 5. The Balaban J connectivity index is 0.000000187. The Kier molecular flexibility index (Phi) is 23.1. The number of nitrogens with zero attached hydrogens (tertiary/aromatic N) is 10. The highest BCUT2D eigenvalue weighted by atomic mass is 35.5. The van der Waals surface area contributed by atoms with E-state index >= 15 is 0 Å². The average Bonchev–Trinajstić information content (AvgIpc) is 3.42. The summed E-state index contributed by atoms with van der Waals surface area (Å²) in [6.45, 7) is 39.7. The lowest BCUT2D eigenvalue weighted by Gasteiger charge is -2.21. The van der Waals surface area contributed by atoms with Gasteiger partial charge in [0, 0.05) is 122 Å². The van der Waals surface area contributed by atoms with Crippen LogP contribution in [0.3, 0.4) is 0 Å². The van der Waals surface area contributed by atoms with Crippen LogP contribution in [0.2, 0.25) is 15.1 Å². The zero-order valence-corrected chi connectivity index (χ0v) is 56.0. The molecule has 0 amide bonds. The Bertz CT molecular complexity index is 3850. The second kappa shape index (κ2) is 29.8. The maximum atomic E-state index is 7.01. The second-order valence-electron chi connectivity index (χ2n) is 25.3. The third-order valence-electron chi connectivity index (χ3n) is 12.0. The summed E-state index contributed by atoms with van der Waals surface area (Å²) in [5, 5.41) is 30.2. The quantitative estimate of drug-likeness (QED) is 0.0505. The Morgan fingerprint density at radius 2 is 0.784 bits per heavy atom. The topological polar surface area (TPSA) is 207 Å². The van der Waals surface area contributed by atoms with Crippen molar-refractivity contribution >= 4 is 127 Å². The molecule has 88 heavy (non-hydrogen) atoms. The van der Waals surface area contributed by atoms with Gasteiger partial charge in [0.05, 0.1) is 16.6 Å². The summed E-state index contributed by atoms with van der Waals surface area (Å²) in [5.74, 6) is 5.47. The van der Waals surface area contributed by atoms with Crippen molar-refractivity contribution in [3.63, 3.8) is 0 Å². The van der Waals surface area contributed by atoms with Crippen LogP contribution in [0.25, 0.3) is 15.6 Å². The van der Waals surface area contributed by atoms with Crippen LogP contribution in [0.5, 0.6) is 0 Å². The van der Waals surface area contributed by atoms with Gasteiger partial charge in [-0.05, 0) is 171 Å².